The molecule has 1 saturated heterocycles. The molecule has 0 saturated carbocycles. The quantitative estimate of drug-likeness (QED) is 0.511. The Hall–Kier alpha value is -2.61. The number of imidazole rings is 1. The second-order valence-electron chi connectivity index (χ2n) is 7.08. The summed E-state index contributed by atoms with van der Waals surface area (Å²) >= 11 is 6.37. The maximum atomic E-state index is 11.4. The molecule has 148 valence electrons. The van der Waals surface area contributed by atoms with E-state index in [0.717, 1.165) is 44.1 Å². The van der Waals surface area contributed by atoms with Gasteiger partial charge < -0.3 is 19.0 Å². The molecule has 1 N–H and O–H groups in total. The highest BCUT2D eigenvalue weighted by Gasteiger charge is 2.24. The first-order chi connectivity index (χ1) is 13.5. The molecule has 1 fully saturated rings. The molecule has 3 aromatic heterocycles. The summed E-state index contributed by atoms with van der Waals surface area (Å²) in [5.41, 5.74) is 1.12. The predicted octanol–water partition coefficient (Wildman–Crippen LogP) is 3.74. The van der Waals surface area contributed by atoms with Gasteiger partial charge in [-0.3, -0.25) is 4.79 Å². The number of aryl methyl sites for hydroxylation is 1. The van der Waals surface area contributed by atoms with Crippen molar-refractivity contribution in [2.45, 2.75) is 32.6 Å². The Balaban J connectivity index is 1.55. The van der Waals surface area contributed by atoms with Crippen LogP contribution in [0.5, 0.6) is 0 Å². The van der Waals surface area contributed by atoms with E-state index in [1.54, 1.807) is 0 Å². The number of carbonyl (C=O) groups excluding carboxylic acids is 1. The summed E-state index contributed by atoms with van der Waals surface area (Å²) in [5.74, 6) is 2.74. The first-order valence-corrected chi connectivity index (χ1v) is 9.73. The van der Waals surface area contributed by atoms with Crippen LogP contribution in [0.3, 0.4) is 0 Å². The number of hydrogen-bond acceptors (Lipinski definition) is 7. The van der Waals surface area contributed by atoms with Gasteiger partial charge in [-0.1, -0.05) is 11.6 Å². The fraction of sp³-hybridized carbons (Fsp3) is 0.474. The summed E-state index contributed by atoms with van der Waals surface area (Å²) in [6.45, 7) is 3.58. The van der Waals surface area contributed by atoms with Crippen LogP contribution >= 0.6 is 11.6 Å². The third-order valence-corrected chi connectivity index (χ3v) is 5.33. The summed E-state index contributed by atoms with van der Waals surface area (Å²) in [7, 11) is 1.42. The smallest absolute Gasteiger partial charge is 0.305 e. The van der Waals surface area contributed by atoms with Crippen molar-refractivity contribution in [3.05, 3.63) is 23.0 Å². The van der Waals surface area contributed by atoms with Crippen molar-refractivity contribution in [3.63, 3.8) is 0 Å². The largest absolute Gasteiger partial charge is 0.469 e. The van der Waals surface area contributed by atoms with E-state index >= 15 is 0 Å². The minimum Gasteiger partial charge on any atom is -0.469 e. The summed E-state index contributed by atoms with van der Waals surface area (Å²) in [4.78, 5) is 30.3. The van der Waals surface area contributed by atoms with E-state index in [0.29, 0.717) is 40.2 Å². The molecular weight excluding hydrogens is 382 g/mol. The lowest BCUT2D eigenvalue weighted by Crippen LogP contribution is -2.36. The van der Waals surface area contributed by atoms with Gasteiger partial charge >= 0.3 is 5.97 Å². The highest BCUT2D eigenvalue weighted by Crippen LogP contribution is 2.29. The number of aromatic nitrogens is 4. The van der Waals surface area contributed by atoms with Crippen molar-refractivity contribution in [1.29, 1.82) is 0 Å². The monoisotopic (exact) mass is 403 g/mol. The number of piperidine rings is 1. The Kier molecular flexibility index (Phi) is 5.21. The van der Waals surface area contributed by atoms with Gasteiger partial charge in [0.05, 0.1) is 7.11 Å². The normalized spacial score (nSPS) is 17.2. The Morgan fingerprint density at radius 1 is 1.39 bits per heavy atom. The predicted molar refractivity (Wildman–Crippen MR) is 105 cm³/mol. The zero-order valence-corrected chi connectivity index (χ0v) is 16.6. The molecular formula is C19H22ClN5O3. The fourth-order valence-corrected chi connectivity index (χ4v) is 3.79. The lowest BCUT2D eigenvalue weighted by molar-refractivity contribution is -0.140. The molecule has 0 aromatic carbocycles. The van der Waals surface area contributed by atoms with Crippen molar-refractivity contribution in [2.75, 3.05) is 25.1 Å². The van der Waals surface area contributed by atoms with Gasteiger partial charge in [0.2, 0.25) is 5.95 Å². The molecule has 8 nitrogen and oxygen atoms in total. The summed E-state index contributed by atoms with van der Waals surface area (Å²) in [6, 6.07) is 3.67. The highest BCUT2D eigenvalue weighted by molar-refractivity contribution is 6.33. The van der Waals surface area contributed by atoms with Gasteiger partial charge in [-0.15, -0.1) is 0 Å². The molecule has 1 unspecified atom stereocenters. The first kappa shape index (κ1) is 18.7. The topological polar surface area (TPSA) is 97.1 Å². The zero-order chi connectivity index (χ0) is 19.7. The third-order valence-electron chi connectivity index (χ3n) is 5.06. The number of esters is 1. The lowest BCUT2D eigenvalue weighted by atomic mass is 9.93. The number of anilines is 1. The number of nitrogens with zero attached hydrogens (tertiary/aromatic N) is 4. The molecule has 1 aliphatic heterocycles. The van der Waals surface area contributed by atoms with Crippen LogP contribution in [-0.2, 0) is 9.53 Å². The van der Waals surface area contributed by atoms with E-state index in [1.165, 1.54) is 7.11 Å². The van der Waals surface area contributed by atoms with Crippen molar-refractivity contribution in [3.8, 4) is 11.6 Å². The number of aromatic amines is 1. The molecule has 28 heavy (non-hydrogen) atoms. The number of carbonyl (C=O) groups is 1. The lowest BCUT2D eigenvalue weighted by Gasteiger charge is -2.32. The SMILES string of the molecule is COC(=O)CCC1CCCN(c2nc3nc(-c4ccc(C)o4)nc(Cl)c3[nH]2)C1. The molecule has 0 aliphatic carbocycles. The van der Waals surface area contributed by atoms with Crippen LogP contribution in [0, 0.1) is 12.8 Å². The maximum Gasteiger partial charge on any atom is 0.305 e. The minimum atomic E-state index is -0.163. The molecule has 1 atom stereocenters. The average Bonchev–Trinajstić information content (AvgIpc) is 3.33. The van der Waals surface area contributed by atoms with Gasteiger partial charge in [0.1, 0.15) is 11.3 Å². The fourth-order valence-electron chi connectivity index (χ4n) is 3.58. The number of methoxy groups -OCH3 is 1. The van der Waals surface area contributed by atoms with Gasteiger partial charge in [0.15, 0.2) is 22.4 Å². The number of hydrogen-bond donors (Lipinski definition) is 1. The highest BCUT2D eigenvalue weighted by atomic mass is 35.5. The minimum absolute atomic E-state index is 0.163. The van der Waals surface area contributed by atoms with Crippen LogP contribution in [-0.4, -0.2) is 46.1 Å². The van der Waals surface area contributed by atoms with E-state index in [2.05, 4.69) is 24.8 Å². The Morgan fingerprint density at radius 2 is 2.25 bits per heavy atom. The molecule has 0 radical (unpaired) electrons. The summed E-state index contributed by atoms with van der Waals surface area (Å²) in [5, 5.41) is 0.312. The Bertz CT molecular complexity index is 999. The van der Waals surface area contributed by atoms with E-state index in [1.807, 2.05) is 19.1 Å². The number of furan rings is 1. The van der Waals surface area contributed by atoms with Gasteiger partial charge in [-0.2, -0.15) is 4.98 Å². The van der Waals surface area contributed by atoms with Crippen LogP contribution in [0.2, 0.25) is 5.15 Å². The molecule has 3 aromatic rings. The molecule has 0 amide bonds. The van der Waals surface area contributed by atoms with Gasteiger partial charge in [-0.05, 0) is 44.2 Å². The van der Waals surface area contributed by atoms with E-state index in [-0.39, 0.29) is 5.97 Å². The van der Waals surface area contributed by atoms with Crippen molar-refractivity contribution >= 4 is 34.7 Å². The van der Waals surface area contributed by atoms with Gasteiger partial charge in [-0.25, -0.2) is 9.97 Å². The molecule has 0 spiro atoms. The van der Waals surface area contributed by atoms with Gasteiger partial charge in [0.25, 0.3) is 0 Å². The van der Waals surface area contributed by atoms with Gasteiger partial charge in [0, 0.05) is 19.5 Å². The number of nitrogens with one attached hydrogen (secondary N) is 1. The summed E-state index contributed by atoms with van der Waals surface area (Å²) in [6.07, 6.45) is 3.39. The average molecular weight is 404 g/mol. The van der Waals surface area contributed by atoms with Crippen LogP contribution in [0.4, 0.5) is 5.95 Å². The second kappa shape index (κ2) is 7.79. The number of H-pyrrole nitrogens is 1. The Labute approximate surface area is 167 Å². The van der Waals surface area contributed by atoms with Crippen molar-refractivity contribution in [1.82, 2.24) is 19.9 Å². The number of ether oxygens (including phenoxy) is 1. The molecule has 9 heteroatoms. The molecule has 4 heterocycles. The van der Waals surface area contributed by atoms with Crippen molar-refractivity contribution < 1.29 is 13.9 Å². The first-order valence-electron chi connectivity index (χ1n) is 9.35. The number of rotatable bonds is 5. The Morgan fingerprint density at radius 3 is 3.00 bits per heavy atom. The second-order valence-corrected chi connectivity index (χ2v) is 7.43. The standard InChI is InChI=1S/C19H22ClN5O3/c1-11-5-7-13(28-11)17-22-16(20)15-18(23-17)24-19(21-15)25-9-3-4-12(10-25)6-8-14(26)27-2/h5,7,12H,3-4,6,8-10H2,1-2H3,(H,21,22,23,24). The van der Waals surface area contributed by atoms with E-state index in [4.69, 9.17) is 20.8 Å². The third kappa shape index (κ3) is 3.82. The van der Waals surface area contributed by atoms with Crippen LogP contribution in [0.25, 0.3) is 22.7 Å². The number of fused-ring (bicyclic) bond motifs is 1. The van der Waals surface area contributed by atoms with Crippen LogP contribution in [0.1, 0.15) is 31.4 Å². The van der Waals surface area contributed by atoms with Crippen molar-refractivity contribution in [2.24, 2.45) is 5.92 Å². The number of halogens is 1. The van der Waals surface area contributed by atoms with Crippen LogP contribution < -0.4 is 4.90 Å². The molecule has 0 bridgehead atoms. The van der Waals surface area contributed by atoms with Crippen LogP contribution in [0.15, 0.2) is 16.5 Å². The summed E-state index contributed by atoms with van der Waals surface area (Å²) < 4.78 is 10.3. The molecule has 4 rings (SSSR count). The van der Waals surface area contributed by atoms with E-state index in [9.17, 15) is 4.79 Å². The molecule has 1 aliphatic rings. The maximum absolute atomic E-state index is 11.4. The zero-order valence-electron chi connectivity index (χ0n) is 15.9. The van der Waals surface area contributed by atoms with E-state index < -0.39 is 0 Å².